The highest BCUT2D eigenvalue weighted by Crippen LogP contribution is 2.30. The molecule has 1 aliphatic heterocycles. The Morgan fingerprint density at radius 3 is 2.15 bits per heavy atom. The lowest BCUT2D eigenvalue weighted by atomic mass is 9.97. The van der Waals surface area contributed by atoms with Gasteiger partial charge in [-0.3, -0.25) is 4.79 Å². The van der Waals surface area contributed by atoms with Gasteiger partial charge in [0, 0.05) is 0 Å². The molecule has 0 saturated carbocycles. The van der Waals surface area contributed by atoms with Crippen LogP contribution in [0.15, 0.2) is 0 Å². The first kappa shape index (κ1) is 24.3. The number of hydrogen-bond donors (Lipinski definition) is 5. The molecular formula is C19H36O8. The van der Waals surface area contributed by atoms with E-state index in [2.05, 4.69) is 6.92 Å². The fourth-order valence-corrected chi connectivity index (χ4v) is 3.16. The second-order valence-electron chi connectivity index (χ2n) is 7.48. The molecule has 0 bridgehead atoms. The summed E-state index contributed by atoms with van der Waals surface area (Å²) in [6, 6.07) is 0. The average molecular weight is 392 g/mol. The Balaban J connectivity index is 2.38. The van der Waals surface area contributed by atoms with E-state index < -0.39 is 48.9 Å². The molecule has 0 amide bonds. The number of aliphatic hydroxyl groups is 5. The van der Waals surface area contributed by atoms with Crippen LogP contribution in [0.3, 0.4) is 0 Å². The molecule has 8 heteroatoms. The molecule has 1 unspecified atom stereocenters. The zero-order valence-corrected chi connectivity index (χ0v) is 16.4. The summed E-state index contributed by atoms with van der Waals surface area (Å²) >= 11 is 0. The van der Waals surface area contributed by atoms with Crippen molar-refractivity contribution in [1.82, 2.24) is 0 Å². The Morgan fingerprint density at radius 1 is 1.04 bits per heavy atom. The van der Waals surface area contributed by atoms with E-state index in [9.17, 15) is 25.2 Å². The SMILES string of the molecule is CCCCCCCCCCC(C)C(=O)O[C@@]1(O)O[C@H](CO)[C@@H](O)[C@H](O)[C@H]1O. The summed E-state index contributed by atoms with van der Waals surface area (Å²) in [7, 11) is 0. The maximum Gasteiger partial charge on any atom is 0.357 e. The van der Waals surface area contributed by atoms with E-state index >= 15 is 0 Å². The van der Waals surface area contributed by atoms with Crippen LogP contribution in [0.25, 0.3) is 0 Å². The number of ether oxygens (including phenoxy) is 2. The minimum atomic E-state index is -2.81. The van der Waals surface area contributed by atoms with Crippen LogP contribution in [0.5, 0.6) is 0 Å². The largest absolute Gasteiger partial charge is 0.405 e. The molecule has 6 atom stereocenters. The van der Waals surface area contributed by atoms with Gasteiger partial charge in [-0.05, 0) is 6.42 Å². The molecule has 8 nitrogen and oxygen atoms in total. The third-order valence-electron chi connectivity index (χ3n) is 5.07. The Labute approximate surface area is 161 Å². The lowest BCUT2D eigenvalue weighted by Gasteiger charge is -2.44. The Kier molecular flexibility index (Phi) is 10.7. The smallest absolute Gasteiger partial charge is 0.357 e. The summed E-state index contributed by atoms with van der Waals surface area (Å²) < 4.78 is 9.82. The van der Waals surface area contributed by atoms with Crippen molar-refractivity contribution in [3.63, 3.8) is 0 Å². The molecule has 0 aromatic carbocycles. The van der Waals surface area contributed by atoms with Crippen LogP contribution in [-0.4, -0.2) is 68.5 Å². The number of unbranched alkanes of at least 4 members (excludes halogenated alkanes) is 7. The van der Waals surface area contributed by atoms with Crippen LogP contribution >= 0.6 is 0 Å². The molecular weight excluding hydrogens is 356 g/mol. The van der Waals surface area contributed by atoms with Gasteiger partial charge in [-0.2, -0.15) is 0 Å². The third kappa shape index (κ3) is 7.29. The summed E-state index contributed by atoms with van der Waals surface area (Å²) in [4.78, 5) is 12.2. The van der Waals surface area contributed by atoms with Crippen molar-refractivity contribution < 1.29 is 39.8 Å². The van der Waals surface area contributed by atoms with Crippen molar-refractivity contribution in [3.05, 3.63) is 0 Å². The summed E-state index contributed by atoms with van der Waals surface area (Å²) in [6.07, 6.45) is 2.81. The standard InChI is InChI=1S/C19H36O8/c1-3-4-5-6-7-8-9-10-11-13(2)18(24)27-19(25)17(23)16(22)15(21)14(12-20)26-19/h13-17,20-23,25H,3-12H2,1-2H3/t13?,14-,15-,16+,17-,19+/m1/s1. The molecule has 27 heavy (non-hydrogen) atoms. The summed E-state index contributed by atoms with van der Waals surface area (Å²) in [5.74, 6) is -4.11. The van der Waals surface area contributed by atoms with Gasteiger partial charge in [0.15, 0.2) is 6.10 Å². The minimum Gasteiger partial charge on any atom is -0.405 e. The van der Waals surface area contributed by atoms with Crippen LogP contribution < -0.4 is 0 Å². The average Bonchev–Trinajstić information content (AvgIpc) is 2.65. The lowest BCUT2D eigenvalue weighted by molar-refractivity contribution is -0.434. The molecule has 0 radical (unpaired) electrons. The molecule has 0 aromatic heterocycles. The predicted octanol–water partition coefficient (Wildman–Crippen LogP) is 0.816. The molecule has 1 fully saturated rings. The van der Waals surface area contributed by atoms with Crippen LogP contribution in [0, 0.1) is 5.92 Å². The lowest BCUT2D eigenvalue weighted by Crippen LogP contribution is -2.66. The first-order valence-electron chi connectivity index (χ1n) is 10.0. The van der Waals surface area contributed by atoms with E-state index in [0.29, 0.717) is 6.42 Å². The molecule has 1 rings (SSSR count). The summed E-state index contributed by atoms with van der Waals surface area (Å²) in [5, 5.41) is 48.8. The first-order chi connectivity index (χ1) is 12.8. The van der Waals surface area contributed by atoms with E-state index in [-0.39, 0.29) is 0 Å². The van der Waals surface area contributed by atoms with Gasteiger partial charge in [0.2, 0.25) is 0 Å². The Bertz CT molecular complexity index is 430. The molecule has 1 saturated heterocycles. The van der Waals surface area contributed by atoms with Gasteiger partial charge >= 0.3 is 11.9 Å². The number of esters is 1. The molecule has 1 heterocycles. The third-order valence-corrected chi connectivity index (χ3v) is 5.07. The van der Waals surface area contributed by atoms with E-state index in [4.69, 9.17) is 14.6 Å². The molecule has 0 aromatic rings. The summed E-state index contributed by atoms with van der Waals surface area (Å²) in [5.41, 5.74) is 0. The van der Waals surface area contributed by atoms with Crippen LogP contribution in [0.2, 0.25) is 0 Å². The van der Waals surface area contributed by atoms with Gasteiger partial charge in [0.25, 0.3) is 0 Å². The minimum absolute atomic E-state index is 0.526. The zero-order chi connectivity index (χ0) is 20.4. The normalized spacial score (nSPS) is 32.3. The van der Waals surface area contributed by atoms with Gasteiger partial charge in [0.05, 0.1) is 12.5 Å². The fourth-order valence-electron chi connectivity index (χ4n) is 3.16. The highest BCUT2D eigenvalue weighted by atomic mass is 16.8. The Hall–Kier alpha value is -0.770. The monoisotopic (exact) mass is 392 g/mol. The van der Waals surface area contributed by atoms with Crippen molar-refractivity contribution >= 4 is 5.97 Å². The number of rotatable bonds is 12. The maximum absolute atomic E-state index is 12.2. The van der Waals surface area contributed by atoms with E-state index in [1.165, 1.54) is 32.1 Å². The highest BCUT2D eigenvalue weighted by molar-refractivity contribution is 5.72. The van der Waals surface area contributed by atoms with Crippen LogP contribution in [0.4, 0.5) is 0 Å². The van der Waals surface area contributed by atoms with E-state index in [1.54, 1.807) is 6.92 Å². The van der Waals surface area contributed by atoms with Crippen LogP contribution in [0.1, 0.15) is 71.6 Å². The van der Waals surface area contributed by atoms with Gasteiger partial charge < -0.3 is 35.0 Å². The quantitative estimate of drug-likeness (QED) is 0.187. The number of carbonyl (C=O) groups is 1. The Morgan fingerprint density at radius 2 is 1.59 bits per heavy atom. The molecule has 5 N–H and O–H groups in total. The molecule has 160 valence electrons. The van der Waals surface area contributed by atoms with Gasteiger partial charge in [-0.15, -0.1) is 0 Å². The van der Waals surface area contributed by atoms with Crippen molar-refractivity contribution in [2.24, 2.45) is 5.92 Å². The van der Waals surface area contributed by atoms with E-state index in [1.807, 2.05) is 0 Å². The second-order valence-corrected chi connectivity index (χ2v) is 7.48. The van der Waals surface area contributed by atoms with E-state index in [0.717, 1.165) is 19.3 Å². The fraction of sp³-hybridized carbons (Fsp3) is 0.947. The molecule has 0 spiro atoms. The first-order valence-corrected chi connectivity index (χ1v) is 10.0. The maximum atomic E-state index is 12.2. The summed E-state index contributed by atoms with van der Waals surface area (Å²) in [6.45, 7) is 3.11. The van der Waals surface area contributed by atoms with Gasteiger partial charge in [-0.1, -0.05) is 65.2 Å². The van der Waals surface area contributed by atoms with Crippen molar-refractivity contribution in [2.75, 3.05) is 6.61 Å². The number of carbonyl (C=O) groups excluding carboxylic acids is 1. The number of hydrogen-bond acceptors (Lipinski definition) is 8. The number of aliphatic hydroxyl groups excluding tert-OH is 4. The molecule has 1 aliphatic rings. The molecule has 0 aliphatic carbocycles. The van der Waals surface area contributed by atoms with Crippen LogP contribution in [-0.2, 0) is 14.3 Å². The van der Waals surface area contributed by atoms with Crippen molar-refractivity contribution in [3.8, 4) is 0 Å². The highest BCUT2D eigenvalue weighted by Gasteiger charge is 2.56. The van der Waals surface area contributed by atoms with Gasteiger partial charge in [0.1, 0.15) is 18.3 Å². The predicted molar refractivity (Wildman–Crippen MR) is 97.4 cm³/mol. The van der Waals surface area contributed by atoms with Crippen molar-refractivity contribution in [1.29, 1.82) is 0 Å². The topological polar surface area (TPSA) is 137 Å². The second kappa shape index (κ2) is 11.9. The zero-order valence-electron chi connectivity index (χ0n) is 16.4. The van der Waals surface area contributed by atoms with Crippen molar-refractivity contribution in [2.45, 2.75) is 102 Å². The van der Waals surface area contributed by atoms with Gasteiger partial charge in [-0.25, -0.2) is 0 Å².